The second-order valence-corrected chi connectivity index (χ2v) is 5.52. The lowest BCUT2D eigenvalue weighted by Crippen LogP contribution is -2.14. The number of hydrogen-bond donors (Lipinski definition) is 0. The molecule has 0 atom stereocenters. The van der Waals surface area contributed by atoms with Crippen LogP contribution in [0.2, 0.25) is 0 Å². The number of hydrogen-bond acceptors (Lipinski definition) is 3. The third kappa shape index (κ3) is 3.45. The zero-order valence-electron chi connectivity index (χ0n) is 11.1. The van der Waals surface area contributed by atoms with Crippen molar-refractivity contribution in [2.45, 2.75) is 30.8 Å². The van der Waals surface area contributed by atoms with Crippen LogP contribution in [-0.2, 0) is 5.75 Å². The second kappa shape index (κ2) is 6.17. The lowest BCUT2D eigenvalue weighted by molar-refractivity contribution is 0.526. The molecular formula is C14H14F2N2OS. The van der Waals surface area contributed by atoms with E-state index in [1.54, 1.807) is 6.20 Å². The summed E-state index contributed by atoms with van der Waals surface area (Å²) in [6.45, 7) is 3.93. The van der Waals surface area contributed by atoms with Crippen molar-refractivity contribution < 1.29 is 8.78 Å². The van der Waals surface area contributed by atoms with Gasteiger partial charge < -0.3 is 4.57 Å². The van der Waals surface area contributed by atoms with Crippen molar-refractivity contribution in [2.75, 3.05) is 0 Å². The fourth-order valence-corrected chi connectivity index (χ4v) is 2.77. The van der Waals surface area contributed by atoms with Gasteiger partial charge in [-0.1, -0.05) is 17.8 Å². The van der Waals surface area contributed by atoms with Gasteiger partial charge in [-0.05, 0) is 25.5 Å². The molecule has 2 rings (SSSR count). The van der Waals surface area contributed by atoms with Gasteiger partial charge >= 0.3 is 0 Å². The monoisotopic (exact) mass is 296 g/mol. The number of rotatable bonds is 4. The molecule has 0 amide bonds. The molecule has 0 aliphatic rings. The standard InChI is InChI=1S/C14H14F2N2OS/c1-9(2)18-6-5-13(19)17-14(18)20-8-10-3-4-11(15)7-12(10)16/h3-7,9H,8H2,1-2H3. The Labute approximate surface area is 119 Å². The molecule has 1 aromatic heterocycles. The summed E-state index contributed by atoms with van der Waals surface area (Å²) in [6.07, 6.45) is 1.67. The Bertz CT molecular complexity index is 670. The maximum atomic E-state index is 13.5. The second-order valence-electron chi connectivity index (χ2n) is 4.57. The van der Waals surface area contributed by atoms with Crippen molar-refractivity contribution in [3.63, 3.8) is 0 Å². The molecule has 0 saturated carbocycles. The molecule has 0 aliphatic heterocycles. The molecule has 0 fully saturated rings. The maximum Gasteiger partial charge on any atom is 0.273 e. The van der Waals surface area contributed by atoms with E-state index in [0.717, 1.165) is 6.07 Å². The molecule has 0 aliphatic carbocycles. The predicted molar refractivity (Wildman–Crippen MR) is 74.8 cm³/mol. The van der Waals surface area contributed by atoms with Crippen LogP contribution in [0.25, 0.3) is 0 Å². The fourth-order valence-electron chi connectivity index (χ4n) is 1.68. The highest BCUT2D eigenvalue weighted by molar-refractivity contribution is 7.98. The molecule has 1 heterocycles. The Morgan fingerprint density at radius 3 is 2.70 bits per heavy atom. The predicted octanol–water partition coefficient (Wildman–Crippen LogP) is 3.39. The molecular weight excluding hydrogens is 282 g/mol. The number of benzene rings is 1. The lowest BCUT2D eigenvalue weighted by atomic mass is 10.2. The van der Waals surface area contributed by atoms with Gasteiger partial charge in [-0.25, -0.2) is 8.78 Å². The van der Waals surface area contributed by atoms with Crippen molar-refractivity contribution in [2.24, 2.45) is 0 Å². The van der Waals surface area contributed by atoms with E-state index < -0.39 is 11.6 Å². The van der Waals surface area contributed by atoms with Crippen LogP contribution < -0.4 is 5.56 Å². The van der Waals surface area contributed by atoms with Gasteiger partial charge in [0.05, 0.1) is 0 Å². The minimum absolute atomic E-state index is 0.142. The SMILES string of the molecule is CC(C)n1ccc(=O)nc1SCc1ccc(F)cc1F. The van der Waals surface area contributed by atoms with E-state index in [-0.39, 0.29) is 17.4 Å². The van der Waals surface area contributed by atoms with E-state index in [1.807, 2.05) is 18.4 Å². The summed E-state index contributed by atoms with van der Waals surface area (Å²) >= 11 is 1.25. The number of nitrogens with zero attached hydrogens (tertiary/aromatic N) is 2. The maximum absolute atomic E-state index is 13.5. The molecule has 3 nitrogen and oxygen atoms in total. The van der Waals surface area contributed by atoms with E-state index in [4.69, 9.17) is 0 Å². The zero-order valence-corrected chi connectivity index (χ0v) is 12.0. The minimum Gasteiger partial charge on any atom is -0.325 e. The Kier molecular flexibility index (Phi) is 4.54. The van der Waals surface area contributed by atoms with Gasteiger partial charge in [0.2, 0.25) is 0 Å². The first-order chi connectivity index (χ1) is 9.47. The van der Waals surface area contributed by atoms with E-state index in [0.29, 0.717) is 10.7 Å². The summed E-state index contributed by atoms with van der Waals surface area (Å²) in [5, 5.41) is 0.524. The Morgan fingerprint density at radius 1 is 1.30 bits per heavy atom. The zero-order chi connectivity index (χ0) is 14.7. The van der Waals surface area contributed by atoms with Gasteiger partial charge in [0, 0.05) is 30.1 Å². The highest BCUT2D eigenvalue weighted by Crippen LogP contribution is 2.24. The third-order valence-corrected chi connectivity index (χ3v) is 3.75. The Morgan fingerprint density at radius 2 is 2.05 bits per heavy atom. The largest absolute Gasteiger partial charge is 0.325 e. The lowest BCUT2D eigenvalue weighted by Gasteiger charge is -2.14. The van der Waals surface area contributed by atoms with Crippen molar-refractivity contribution in [3.05, 3.63) is 58.0 Å². The Hall–Kier alpha value is -1.69. The fraction of sp³-hybridized carbons (Fsp3) is 0.286. The van der Waals surface area contributed by atoms with E-state index in [2.05, 4.69) is 4.98 Å². The van der Waals surface area contributed by atoms with E-state index in [1.165, 1.54) is 30.0 Å². The Balaban J connectivity index is 2.22. The topological polar surface area (TPSA) is 34.9 Å². The van der Waals surface area contributed by atoms with Gasteiger partial charge in [0.15, 0.2) is 5.16 Å². The summed E-state index contributed by atoms with van der Waals surface area (Å²) in [7, 11) is 0. The first-order valence-electron chi connectivity index (χ1n) is 6.13. The smallest absolute Gasteiger partial charge is 0.273 e. The number of halogens is 2. The molecule has 0 saturated heterocycles. The van der Waals surface area contributed by atoms with Gasteiger partial charge in [-0.3, -0.25) is 4.79 Å². The van der Waals surface area contributed by atoms with Gasteiger partial charge in [0.1, 0.15) is 11.6 Å². The average Bonchev–Trinajstić information content (AvgIpc) is 2.37. The van der Waals surface area contributed by atoms with Crippen LogP contribution in [0.4, 0.5) is 8.78 Å². The number of aromatic nitrogens is 2. The van der Waals surface area contributed by atoms with Gasteiger partial charge in [-0.2, -0.15) is 4.98 Å². The summed E-state index contributed by atoms with van der Waals surface area (Å²) in [5.41, 5.74) is 0.0498. The molecule has 0 radical (unpaired) electrons. The van der Waals surface area contributed by atoms with Crippen LogP contribution in [-0.4, -0.2) is 9.55 Å². The quantitative estimate of drug-likeness (QED) is 0.641. The van der Waals surface area contributed by atoms with Crippen LogP contribution in [0.1, 0.15) is 25.5 Å². The molecule has 6 heteroatoms. The van der Waals surface area contributed by atoms with Crippen molar-refractivity contribution in [1.82, 2.24) is 9.55 Å². The molecule has 2 aromatic rings. The first kappa shape index (κ1) is 14.7. The molecule has 20 heavy (non-hydrogen) atoms. The van der Waals surface area contributed by atoms with Crippen molar-refractivity contribution >= 4 is 11.8 Å². The summed E-state index contributed by atoms with van der Waals surface area (Å²) in [6, 6.07) is 5.00. The highest BCUT2D eigenvalue weighted by Gasteiger charge is 2.09. The van der Waals surface area contributed by atoms with Crippen LogP contribution in [0.5, 0.6) is 0 Å². The van der Waals surface area contributed by atoms with E-state index >= 15 is 0 Å². The van der Waals surface area contributed by atoms with Crippen LogP contribution in [0.3, 0.4) is 0 Å². The summed E-state index contributed by atoms with van der Waals surface area (Å²) in [5.74, 6) is -0.907. The van der Waals surface area contributed by atoms with Gasteiger partial charge in [-0.15, -0.1) is 0 Å². The summed E-state index contributed by atoms with van der Waals surface area (Å²) < 4.78 is 28.2. The molecule has 0 N–H and O–H groups in total. The van der Waals surface area contributed by atoms with Crippen LogP contribution >= 0.6 is 11.8 Å². The summed E-state index contributed by atoms with van der Waals surface area (Å²) in [4.78, 5) is 15.3. The third-order valence-electron chi connectivity index (χ3n) is 2.73. The molecule has 0 bridgehead atoms. The van der Waals surface area contributed by atoms with Crippen molar-refractivity contribution in [1.29, 1.82) is 0 Å². The average molecular weight is 296 g/mol. The van der Waals surface area contributed by atoms with Crippen LogP contribution in [0.15, 0.2) is 40.4 Å². The molecule has 106 valence electrons. The molecule has 0 spiro atoms. The minimum atomic E-state index is -0.604. The van der Waals surface area contributed by atoms with Crippen LogP contribution in [0, 0.1) is 11.6 Å². The number of thioether (sulfide) groups is 1. The molecule has 1 aromatic carbocycles. The normalized spacial score (nSPS) is 11.1. The van der Waals surface area contributed by atoms with Gasteiger partial charge in [0.25, 0.3) is 5.56 Å². The van der Waals surface area contributed by atoms with Crippen molar-refractivity contribution in [3.8, 4) is 0 Å². The first-order valence-corrected chi connectivity index (χ1v) is 7.12. The van der Waals surface area contributed by atoms with E-state index in [9.17, 15) is 13.6 Å². The highest BCUT2D eigenvalue weighted by atomic mass is 32.2. The molecule has 0 unspecified atom stereocenters.